The molecule has 1 aromatic rings. The number of hydrogen-bond donors (Lipinski definition) is 2. The molecule has 1 aromatic carbocycles. The standard InChI is InChI=1S/C14H21Cl2N3O/c1-2-19-6-7-20-13(9-19)12(18-17)8-10-4-3-5-11(15)14(10)16/h3-5,12-13,18H,2,6-9,17H2,1H3. The van der Waals surface area contributed by atoms with Gasteiger partial charge in [-0.25, -0.2) is 0 Å². The molecule has 112 valence electrons. The number of rotatable bonds is 5. The van der Waals surface area contributed by atoms with E-state index in [4.69, 9.17) is 33.8 Å². The summed E-state index contributed by atoms with van der Waals surface area (Å²) in [6.07, 6.45) is 0.752. The SMILES string of the molecule is CCN1CCOC(C(Cc2cccc(Cl)c2Cl)NN)C1. The van der Waals surface area contributed by atoms with E-state index >= 15 is 0 Å². The minimum atomic E-state index is 0.0142. The molecule has 0 aliphatic carbocycles. The van der Waals surface area contributed by atoms with Crippen molar-refractivity contribution in [1.82, 2.24) is 10.3 Å². The number of morpholine rings is 1. The fourth-order valence-corrected chi connectivity index (χ4v) is 2.90. The Bertz CT molecular complexity index is 444. The molecule has 0 radical (unpaired) electrons. The Hall–Kier alpha value is -0.360. The van der Waals surface area contributed by atoms with E-state index in [0.717, 1.165) is 31.8 Å². The zero-order chi connectivity index (χ0) is 14.5. The summed E-state index contributed by atoms with van der Waals surface area (Å²) in [6, 6.07) is 5.67. The molecule has 1 aliphatic rings. The van der Waals surface area contributed by atoms with E-state index in [9.17, 15) is 0 Å². The Balaban J connectivity index is 2.06. The highest BCUT2D eigenvalue weighted by Crippen LogP contribution is 2.27. The maximum absolute atomic E-state index is 6.24. The Morgan fingerprint density at radius 2 is 2.30 bits per heavy atom. The minimum Gasteiger partial charge on any atom is -0.374 e. The van der Waals surface area contributed by atoms with Crippen molar-refractivity contribution < 1.29 is 4.74 Å². The van der Waals surface area contributed by atoms with Crippen molar-refractivity contribution >= 4 is 23.2 Å². The molecule has 1 saturated heterocycles. The predicted molar refractivity (Wildman–Crippen MR) is 83.1 cm³/mol. The van der Waals surface area contributed by atoms with Crippen LogP contribution in [0.25, 0.3) is 0 Å². The summed E-state index contributed by atoms with van der Waals surface area (Å²) in [6.45, 7) is 5.77. The number of nitrogens with zero attached hydrogens (tertiary/aromatic N) is 1. The van der Waals surface area contributed by atoms with Gasteiger partial charge in [0.1, 0.15) is 0 Å². The van der Waals surface area contributed by atoms with Gasteiger partial charge in [0, 0.05) is 13.1 Å². The van der Waals surface area contributed by atoms with Crippen LogP contribution in [0.5, 0.6) is 0 Å². The topological polar surface area (TPSA) is 50.5 Å². The summed E-state index contributed by atoms with van der Waals surface area (Å²) in [5, 5.41) is 1.16. The first kappa shape index (κ1) is 16.0. The van der Waals surface area contributed by atoms with E-state index in [1.165, 1.54) is 0 Å². The monoisotopic (exact) mass is 317 g/mol. The van der Waals surface area contributed by atoms with Gasteiger partial charge in [-0.05, 0) is 24.6 Å². The van der Waals surface area contributed by atoms with E-state index in [0.29, 0.717) is 16.5 Å². The van der Waals surface area contributed by atoms with Gasteiger partial charge >= 0.3 is 0 Å². The smallest absolute Gasteiger partial charge is 0.0871 e. The number of likely N-dealkylation sites (N-methyl/N-ethyl adjacent to an activating group) is 1. The van der Waals surface area contributed by atoms with E-state index in [1.807, 2.05) is 12.1 Å². The van der Waals surface area contributed by atoms with Crippen LogP contribution in [0.1, 0.15) is 12.5 Å². The van der Waals surface area contributed by atoms with Crippen molar-refractivity contribution in [2.24, 2.45) is 5.84 Å². The molecule has 1 fully saturated rings. The molecule has 0 saturated carbocycles. The van der Waals surface area contributed by atoms with Crippen LogP contribution in [0, 0.1) is 0 Å². The van der Waals surface area contributed by atoms with Gasteiger partial charge in [0.15, 0.2) is 0 Å². The van der Waals surface area contributed by atoms with Crippen LogP contribution in [-0.4, -0.2) is 43.3 Å². The quantitative estimate of drug-likeness (QED) is 0.645. The first-order chi connectivity index (χ1) is 9.65. The maximum atomic E-state index is 6.24. The number of halogens is 2. The van der Waals surface area contributed by atoms with Crippen LogP contribution in [-0.2, 0) is 11.2 Å². The van der Waals surface area contributed by atoms with E-state index in [1.54, 1.807) is 6.07 Å². The van der Waals surface area contributed by atoms with Crippen LogP contribution in [0.15, 0.2) is 18.2 Å². The molecular formula is C14H21Cl2N3O. The second-order valence-corrected chi connectivity index (χ2v) is 5.78. The molecule has 2 unspecified atom stereocenters. The summed E-state index contributed by atoms with van der Waals surface area (Å²) in [7, 11) is 0. The van der Waals surface area contributed by atoms with E-state index in [-0.39, 0.29) is 12.1 Å². The third-order valence-electron chi connectivity index (χ3n) is 3.76. The lowest BCUT2D eigenvalue weighted by molar-refractivity contribution is -0.0447. The van der Waals surface area contributed by atoms with Gasteiger partial charge in [0.25, 0.3) is 0 Å². The molecule has 4 nitrogen and oxygen atoms in total. The molecule has 6 heteroatoms. The Kier molecular flexibility index (Phi) is 6.08. The summed E-state index contributed by atoms with van der Waals surface area (Å²) in [4.78, 5) is 2.36. The molecule has 1 heterocycles. The van der Waals surface area contributed by atoms with Crippen LogP contribution in [0.3, 0.4) is 0 Å². The number of benzene rings is 1. The van der Waals surface area contributed by atoms with Gasteiger partial charge in [-0.15, -0.1) is 0 Å². The number of ether oxygens (including phenoxy) is 1. The van der Waals surface area contributed by atoms with Gasteiger partial charge in [-0.3, -0.25) is 16.2 Å². The zero-order valence-corrected chi connectivity index (χ0v) is 13.1. The number of nitrogens with two attached hydrogens (primary N) is 1. The Labute approximate surface area is 130 Å². The largest absolute Gasteiger partial charge is 0.374 e. The molecule has 1 aliphatic heterocycles. The molecule has 3 N–H and O–H groups in total. The van der Waals surface area contributed by atoms with Gasteiger partial charge < -0.3 is 4.74 Å². The number of nitrogens with one attached hydrogen (secondary N) is 1. The molecule has 0 spiro atoms. The summed E-state index contributed by atoms with van der Waals surface area (Å²) in [5.74, 6) is 5.70. The fraction of sp³-hybridized carbons (Fsp3) is 0.571. The molecule has 2 atom stereocenters. The normalized spacial score (nSPS) is 21.9. The van der Waals surface area contributed by atoms with Gasteiger partial charge in [-0.1, -0.05) is 42.3 Å². The lowest BCUT2D eigenvalue weighted by atomic mass is 10.0. The Morgan fingerprint density at radius 3 is 3.00 bits per heavy atom. The molecule has 0 amide bonds. The van der Waals surface area contributed by atoms with Crippen molar-refractivity contribution in [2.45, 2.75) is 25.5 Å². The van der Waals surface area contributed by atoms with Crippen molar-refractivity contribution in [3.05, 3.63) is 33.8 Å². The summed E-state index contributed by atoms with van der Waals surface area (Å²) >= 11 is 12.3. The zero-order valence-electron chi connectivity index (χ0n) is 11.6. The average molecular weight is 318 g/mol. The van der Waals surface area contributed by atoms with Crippen LogP contribution < -0.4 is 11.3 Å². The van der Waals surface area contributed by atoms with Crippen molar-refractivity contribution in [3.63, 3.8) is 0 Å². The Morgan fingerprint density at radius 1 is 1.50 bits per heavy atom. The second-order valence-electron chi connectivity index (χ2n) is 4.99. The number of hydrogen-bond acceptors (Lipinski definition) is 4. The molecule has 20 heavy (non-hydrogen) atoms. The first-order valence-corrected chi connectivity index (χ1v) is 7.64. The lowest BCUT2D eigenvalue weighted by Gasteiger charge is -2.36. The lowest BCUT2D eigenvalue weighted by Crippen LogP contribution is -2.54. The molecular weight excluding hydrogens is 297 g/mol. The third-order valence-corrected chi connectivity index (χ3v) is 4.62. The average Bonchev–Trinajstić information content (AvgIpc) is 2.49. The van der Waals surface area contributed by atoms with Gasteiger partial charge in [-0.2, -0.15) is 0 Å². The minimum absolute atomic E-state index is 0.0142. The second kappa shape index (κ2) is 7.59. The van der Waals surface area contributed by atoms with E-state index in [2.05, 4.69) is 17.2 Å². The van der Waals surface area contributed by atoms with Crippen LogP contribution in [0.4, 0.5) is 0 Å². The van der Waals surface area contributed by atoms with Crippen molar-refractivity contribution in [1.29, 1.82) is 0 Å². The van der Waals surface area contributed by atoms with E-state index < -0.39 is 0 Å². The molecule has 0 bridgehead atoms. The highest BCUT2D eigenvalue weighted by atomic mass is 35.5. The number of hydrazine groups is 1. The van der Waals surface area contributed by atoms with Crippen LogP contribution in [0.2, 0.25) is 10.0 Å². The van der Waals surface area contributed by atoms with Gasteiger partial charge in [0.2, 0.25) is 0 Å². The highest BCUT2D eigenvalue weighted by Gasteiger charge is 2.27. The maximum Gasteiger partial charge on any atom is 0.0871 e. The molecule has 0 aromatic heterocycles. The predicted octanol–water partition coefficient (Wildman–Crippen LogP) is 2.09. The summed E-state index contributed by atoms with van der Waals surface area (Å²) < 4.78 is 5.85. The van der Waals surface area contributed by atoms with Crippen molar-refractivity contribution in [3.8, 4) is 0 Å². The third kappa shape index (κ3) is 3.85. The van der Waals surface area contributed by atoms with Gasteiger partial charge in [0.05, 0.1) is 28.8 Å². The molecule has 2 rings (SSSR count). The summed E-state index contributed by atoms with van der Waals surface area (Å²) in [5.41, 5.74) is 3.84. The first-order valence-electron chi connectivity index (χ1n) is 6.88. The van der Waals surface area contributed by atoms with Crippen molar-refractivity contribution in [2.75, 3.05) is 26.2 Å². The fourth-order valence-electron chi connectivity index (χ4n) is 2.50. The highest BCUT2D eigenvalue weighted by molar-refractivity contribution is 6.42. The van der Waals surface area contributed by atoms with Crippen LogP contribution >= 0.6 is 23.2 Å².